The molecule has 0 saturated heterocycles. The molecule has 3 nitrogen and oxygen atoms in total. The van der Waals surface area contributed by atoms with Crippen molar-refractivity contribution < 1.29 is 0 Å². The minimum absolute atomic E-state index is 0.167. The Morgan fingerprint density at radius 1 is 1.33 bits per heavy atom. The van der Waals surface area contributed by atoms with Gasteiger partial charge in [0.2, 0.25) is 0 Å². The lowest BCUT2D eigenvalue weighted by molar-refractivity contribution is 0.416. The van der Waals surface area contributed by atoms with Crippen LogP contribution in [0.4, 0.5) is 0 Å². The van der Waals surface area contributed by atoms with Crippen molar-refractivity contribution >= 4 is 0 Å². The van der Waals surface area contributed by atoms with Gasteiger partial charge in [0, 0.05) is 29.9 Å². The molecule has 0 atom stereocenters. The van der Waals surface area contributed by atoms with E-state index in [9.17, 15) is 0 Å². The van der Waals surface area contributed by atoms with E-state index in [2.05, 4.69) is 42.8 Å². The molecule has 1 saturated carbocycles. The fourth-order valence-corrected chi connectivity index (χ4v) is 2.64. The Bertz CT molecular complexity index is 381. The monoisotopic (exact) mass is 249 g/mol. The average Bonchev–Trinajstić information content (AvgIpc) is 2.88. The molecule has 102 valence electrons. The van der Waals surface area contributed by atoms with Crippen LogP contribution >= 0.6 is 0 Å². The summed E-state index contributed by atoms with van der Waals surface area (Å²) in [6, 6.07) is 0. The van der Waals surface area contributed by atoms with Crippen LogP contribution in [0.25, 0.3) is 0 Å². The highest BCUT2D eigenvalue weighted by Gasteiger charge is 2.18. The number of hydrogen-bond acceptors (Lipinski definition) is 2. The van der Waals surface area contributed by atoms with Crippen LogP contribution < -0.4 is 5.32 Å². The molecular formula is C15H27N3. The van der Waals surface area contributed by atoms with E-state index in [0.717, 1.165) is 19.0 Å². The minimum atomic E-state index is 0.167. The topological polar surface area (TPSA) is 29.9 Å². The number of aromatic nitrogens is 2. The SMILES string of the molecule is Cc1c(CNC(C)(C)C)cnn1CC1CCCC1. The van der Waals surface area contributed by atoms with Crippen LogP contribution in [0.5, 0.6) is 0 Å². The highest BCUT2D eigenvalue weighted by atomic mass is 15.3. The van der Waals surface area contributed by atoms with Gasteiger partial charge in [0.25, 0.3) is 0 Å². The predicted molar refractivity (Wildman–Crippen MR) is 75.5 cm³/mol. The summed E-state index contributed by atoms with van der Waals surface area (Å²) >= 11 is 0. The van der Waals surface area contributed by atoms with E-state index in [1.165, 1.54) is 36.9 Å². The first kappa shape index (κ1) is 13.6. The highest BCUT2D eigenvalue weighted by Crippen LogP contribution is 2.26. The third-order valence-electron chi connectivity index (χ3n) is 3.92. The van der Waals surface area contributed by atoms with Gasteiger partial charge in [-0.15, -0.1) is 0 Å². The fraction of sp³-hybridized carbons (Fsp3) is 0.800. The van der Waals surface area contributed by atoms with Crippen molar-refractivity contribution in [3.05, 3.63) is 17.5 Å². The Balaban J connectivity index is 1.95. The van der Waals surface area contributed by atoms with Crippen LogP contribution in [-0.4, -0.2) is 15.3 Å². The van der Waals surface area contributed by atoms with Gasteiger partial charge in [0.05, 0.1) is 6.20 Å². The van der Waals surface area contributed by atoms with Crippen molar-refractivity contribution in [2.75, 3.05) is 0 Å². The van der Waals surface area contributed by atoms with Crippen LogP contribution in [0.1, 0.15) is 57.7 Å². The molecule has 18 heavy (non-hydrogen) atoms. The molecule has 1 fully saturated rings. The lowest BCUT2D eigenvalue weighted by atomic mass is 10.1. The summed E-state index contributed by atoms with van der Waals surface area (Å²) in [5.41, 5.74) is 2.83. The lowest BCUT2D eigenvalue weighted by Crippen LogP contribution is -2.35. The van der Waals surface area contributed by atoms with Gasteiger partial charge < -0.3 is 5.32 Å². The zero-order valence-corrected chi connectivity index (χ0v) is 12.3. The molecule has 1 heterocycles. The summed E-state index contributed by atoms with van der Waals surface area (Å²) in [4.78, 5) is 0. The summed E-state index contributed by atoms with van der Waals surface area (Å²) in [5.74, 6) is 0.854. The zero-order chi connectivity index (χ0) is 13.2. The van der Waals surface area contributed by atoms with E-state index in [0.29, 0.717) is 0 Å². The molecule has 1 aromatic heterocycles. The summed E-state index contributed by atoms with van der Waals surface area (Å²) in [7, 11) is 0. The van der Waals surface area contributed by atoms with Gasteiger partial charge in [0.1, 0.15) is 0 Å². The maximum Gasteiger partial charge on any atom is 0.0537 e. The van der Waals surface area contributed by atoms with Crippen molar-refractivity contribution in [3.8, 4) is 0 Å². The Hall–Kier alpha value is -0.830. The van der Waals surface area contributed by atoms with E-state index < -0.39 is 0 Å². The smallest absolute Gasteiger partial charge is 0.0537 e. The fourth-order valence-electron chi connectivity index (χ4n) is 2.64. The summed E-state index contributed by atoms with van der Waals surface area (Å²) in [6.45, 7) is 10.8. The molecule has 0 unspecified atom stereocenters. The summed E-state index contributed by atoms with van der Waals surface area (Å²) in [6.07, 6.45) is 7.61. The van der Waals surface area contributed by atoms with Crippen molar-refractivity contribution in [3.63, 3.8) is 0 Å². The van der Waals surface area contributed by atoms with Gasteiger partial charge in [-0.2, -0.15) is 5.10 Å². The first-order valence-corrected chi connectivity index (χ1v) is 7.22. The molecule has 0 spiro atoms. The quantitative estimate of drug-likeness (QED) is 0.887. The molecule has 0 amide bonds. The van der Waals surface area contributed by atoms with Gasteiger partial charge >= 0.3 is 0 Å². The number of hydrogen-bond donors (Lipinski definition) is 1. The second-order valence-corrected chi connectivity index (χ2v) is 6.69. The van der Waals surface area contributed by atoms with Gasteiger partial charge in [-0.05, 0) is 46.5 Å². The average molecular weight is 249 g/mol. The van der Waals surface area contributed by atoms with Crippen LogP contribution in [0, 0.1) is 12.8 Å². The molecule has 1 aromatic rings. The minimum Gasteiger partial charge on any atom is -0.308 e. The molecular weight excluding hydrogens is 222 g/mol. The van der Waals surface area contributed by atoms with Crippen LogP contribution in [-0.2, 0) is 13.1 Å². The molecule has 1 aliphatic carbocycles. The number of nitrogens with zero attached hydrogens (tertiary/aromatic N) is 2. The van der Waals surface area contributed by atoms with E-state index in [1.54, 1.807) is 0 Å². The Morgan fingerprint density at radius 2 is 2.00 bits per heavy atom. The molecule has 1 aliphatic rings. The van der Waals surface area contributed by atoms with Crippen molar-refractivity contribution in [1.29, 1.82) is 0 Å². The van der Waals surface area contributed by atoms with Gasteiger partial charge in [-0.3, -0.25) is 4.68 Å². The first-order chi connectivity index (χ1) is 8.46. The predicted octanol–water partition coefficient (Wildman–Crippen LogP) is 3.27. The van der Waals surface area contributed by atoms with Crippen LogP contribution in [0.3, 0.4) is 0 Å². The van der Waals surface area contributed by atoms with E-state index >= 15 is 0 Å². The second-order valence-electron chi connectivity index (χ2n) is 6.69. The van der Waals surface area contributed by atoms with E-state index in [-0.39, 0.29) is 5.54 Å². The molecule has 2 rings (SSSR count). The molecule has 0 aromatic carbocycles. The van der Waals surface area contributed by atoms with Crippen LogP contribution in [0.2, 0.25) is 0 Å². The third-order valence-corrected chi connectivity index (χ3v) is 3.92. The molecule has 3 heteroatoms. The Kier molecular flexibility index (Phi) is 4.10. The maximum absolute atomic E-state index is 4.56. The van der Waals surface area contributed by atoms with Gasteiger partial charge in [-0.1, -0.05) is 12.8 Å². The summed E-state index contributed by atoms with van der Waals surface area (Å²) in [5, 5.41) is 8.09. The van der Waals surface area contributed by atoms with E-state index in [1.807, 2.05) is 6.20 Å². The van der Waals surface area contributed by atoms with Crippen molar-refractivity contribution in [2.24, 2.45) is 5.92 Å². The molecule has 0 bridgehead atoms. The number of nitrogens with one attached hydrogen (secondary N) is 1. The second kappa shape index (κ2) is 5.43. The lowest BCUT2D eigenvalue weighted by Gasteiger charge is -2.20. The third kappa shape index (κ3) is 3.58. The Labute approximate surface area is 111 Å². The van der Waals surface area contributed by atoms with Crippen molar-refractivity contribution in [2.45, 2.75) is 72.0 Å². The molecule has 0 radical (unpaired) electrons. The van der Waals surface area contributed by atoms with E-state index in [4.69, 9.17) is 0 Å². The first-order valence-electron chi connectivity index (χ1n) is 7.22. The highest BCUT2D eigenvalue weighted by molar-refractivity contribution is 5.16. The Morgan fingerprint density at radius 3 is 2.61 bits per heavy atom. The van der Waals surface area contributed by atoms with Crippen molar-refractivity contribution in [1.82, 2.24) is 15.1 Å². The number of rotatable bonds is 4. The van der Waals surface area contributed by atoms with Crippen LogP contribution in [0.15, 0.2) is 6.20 Å². The normalized spacial score (nSPS) is 17.6. The maximum atomic E-state index is 4.56. The largest absolute Gasteiger partial charge is 0.308 e. The molecule has 1 N–H and O–H groups in total. The van der Waals surface area contributed by atoms with Gasteiger partial charge in [0.15, 0.2) is 0 Å². The molecule has 0 aliphatic heterocycles. The summed E-state index contributed by atoms with van der Waals surface area (Å²) < 4.78 is 2.20. The standard InChI is InChI=1S/C15H27N3/c1-12-14(9-16-15(2,3)4)10-17-18(12)11-13-7-5-6-8-13/h10,13,16H,5-9,11H2,1-4H3. The zero-order valence-electron chi connectivity index (χ0n) is 12.3. The van der Waals surface area contributed by atoms with Gasteiger partial charge in [-0.25, -0.2) is 0 Å².